The van der Waals surface area contributed by atoms with Crippen molar-refractivity contribution in [3.63, 3.8) is 0 Å². The second kappa shape index (κ2) is 11.5. The van der Waals surface area contributed by atoms with E-state index < -0.39 is 0 Å². The number of aldehydes is 2. The summed E-state index contributed by atoms with van der Waals surface area (Å²) in [6, 6.07) is 14.9. The Kier molecular flexibility index (Phi) is 8.73. The van der Waals surface area contributed by atoms with Crippen molar-refractivity contribution in [2.24, 2.45) is 0 Å². The molecule has 0 aliphatic rings. The molecule has 0 heterocycles. The second-order valence-corrected chi connectivity index (χ2v) is 6.21. The molecule has 4 heteroatoms. The van der Waals surface area contributed by atoms with Gasteiger partial charge >= 0.3 is 0 Å². The van der Waals surface area contributed by atoms with E-state index in [9.17, 15) is 9.59 Å². The summed E-state index contributed by atoms with van der Waals surface area (Å²) < 4.78 is 11.5. The molecule has 0 N–H and O–H groups in total. The predicted molar refractivity (Wildman–Crippen MR) is 113 cm³/mol. The van der Waals surface area contributed by atoms with Gasteiger partial charge in [0, 0.05) is 22.3 Å². The Balaban J connectivity index is 2.42. The molecule has 4 nitrogen and oxygen atoms in total. The van der Waals surface area contributed by atoms with Gasteiger partial charge in [0.25, 0.3) is 0 Å². The first-order chi connectivity index (χ1) is 13.7. The van der Waals surface area contributed by atoms with Gasteiger partial charge in [-0.1, -0.05) is 50.2 Å². The summed E-state index contributed by atoms with van der Waals surface area (Å²) in [7, 11) is 0. The summed E-state index contributed by atoms with van der Waals surface area (Å²) in [6.45, 7) is 5.22. The standard InChI is InChI=1S/C24H26O4/c1-3-13-27-23-11-7-5-9-19(23)15-21(17-25)22(18-26)16-20-10-6-8-12-24(20)28-14-4-2/h5-12,15-18H,3-4,13-14H2,1-2H3/b21-15+,22-16+. The molecule has 0 atom stereocenters. The van der Waals surface area contributed by atoms with Gasteiger partial charge < -0.3 is 9.47 Å². The Morgan fingerprint density at radius 1 is 0.714 bits per heavy atom. The van der Waals surface area contributed by atoms with E-state index in [0.717, 1.165) is 24.0 Å². The fourth-order valence-corrected chi connectivity index (χ4v) is 2.59. The monoisotopic (exact) mass is 378 g/mol. The highest BCUT2D eigenvalue weighted by molar-refractivity contribution is 6.03. The zero-order chi connectivity index (χ0) is 20.2. The lowest BCUT2D eigenvalue weighted by Crippen LogP contribution is -1.99. The molecule has 0 fully saturated rings. The molecule has 0 unspecified atom stereocenters. The average molecular weight is 378 g/mol. The van der Waals surface area contributed by atoms with Crippen LogP contribution in [0.3, 0.4) is 0 Å². The molecular formula is C24H26O4. The van der Waals surface area contributed by atoms with Gasteiger partial charge in [0.15, 0.2) is 12.6 Å². The molecule has 0 aromatic heterocycles. The second-order valence-electron chi connectivity index (χ2n) is 6.21. The fourth-order valence-electron chi connectivity index (χ4n) is 2.59. The van der Waals surface area contributed by atoms with E-state index in [-0.39, 0.29) is 11.1 Å². The van der Waals surface area contributed by atoms with Crippen molar-refractivity contribution in [3.8, 4) is 11.5 Å². The largest absolute Gasteiger partial charge is 0.493 e. The van der Waals surface area contributed by atoms with Gasteiger partial charge in [-0.3, -0.25) is 9.59 Å². The van der Waals surface area contributed by atoms with Crippen LogP contribution in [0.1, 0.15) is 37.8 Å². The Bertz CT molecular complexity index is 778. The highest BCUT2D eigenvalue weighted by Gasteiger charge is 2.09. The maximum Gasteiger partial charge on any atom is 0.150 e. The van der Waals surface area contributed by atoms with Crippen molar-refractivity contribution in [3.05, 3.63) is 70.8 Å². The van der Waals surface area contributed by atoms with Gasteiger partial charge in [-0.25, -0.2) is 0 Å². The summed E-state index contributed by atoms with van der Waals surface area (Å²) in [5.74, 6) is 1.36. The van der Waals surface area contributed by atoms with Crippen LogP contribution < -0.4 is 9.47 Å². The number of carbonyl (C=O) groups excluding carboxylic acids is 2. The number of hydrogen-bond donors (Lipinski definition) is 0. The maximum absolute atomic E-state index is 11.7. The number of ether oxygens (including phenoxy) is 2. The van der Waals surface area contributed by atoms with Crippen LogP contribution in [0.2, 0.25) is 0 Å². The van der Waals surface area contributed by atoms with Gasteiger partial charge in [0.2, 0.25) is 0 Å². The van der Waals surface area contributed by atoms with Gasteiger partial charge in [-0.05, 0) is 37.1 Å². The highest BCUT2D eigenvalue weighted by atomic mass is 16.5. The van der Waals surface area contributed by atoms with Crippen LogP contribution >= 0.6 is 0 Å². The summed E-state index contributed by atoms with van der Waals surface area (Å²) >= 11 is 0. The van der Waals surface area contributed by atoms with Crippen LogP contribution in [0.5, 0.6) is 11.5 Å². The lowest BCUT2D eigenvalue weighted by atomic mass is 10.0. The molecule has 28 heavy (non-hydrogen) atoms. The summed E-state index contributed by atoms with van der Waals surface area (Å²) in [6.07, 6.45) is 6.49. The first-order valence-electron chi connectivity index (χ1n) is 9.51. The minimum Gasteiger partial charge on any atom is -0.493 e. The normalized spacial score (nSPS) is 11.8. The van der Waals surface area contributed by atoms with Crippen molar-refractivity contribution in [2.45, 2.75) is 26.7 Å². The molecule has 0 saturated heterocycles. The van der Waals surface area contributed by atoms with E-state index in [0.29, 0.717) is 37.3 Å². The van der Waals surface area contributed by atoms with E-state index in [1.54, 1.807) is 12.2 Å². The van der Waals surface area contributed by atoms with E-state index in [2.05, 4.69) is 0 Å². The molecule has 0 saturated carbocycles. The molecule has 0 aliphatic heterocycles. The molecule has 0 spiro atoms. The molecule has 0 radical (unpaired) electrons. The highest BCUT2D eigenvalue weighted by Crippen LogP contribution is 2.26. The van der Waals surface area contributed by atoms with Crippen molar-refractivity contribution in [2.75, 3.05) is 13.2 Å². The zero-order valence-electron chi connectivity index (χ0n) is 16.4. The lowest BCUT2D eigenvalue weighted by molar-refractivity contribution is -0.107. The van der Waals surface area contributed by atoms with Gasteiger partial charge in [0.05, 0.1) is 13.2 Å². The molecule has 146 valence electrons. The first kappa shape index (κ1) is 21.2. The van der Waals surface area contributed by atoms with Crippen molar-refractivity contribution in [1.82, 2.24) is 0 Å². The number of para-hydroxylation sites is 2. The maximum atomic E-state index is 11.7. The molecule has 2 aromatic carbocycles. The number of carbonyl (C=O) groups is 2. The zero-order valence-corrected chi connectivity index (χ0v) is 16.4. The molecule has 2 rings (SSSR count). The van der Waals surface area contributed by atoms with E-state index in [1.807, 2.05) is 62.4 Å². The minimum absolute atomic E-state index is 0.285. The molecular weight excluding hydrogens is 352 g/mol. The lowest BCUT2D eigenvalue weighted by Gasteiger charge is -2.10. The number of allylic oxidation sites excluding steroid dienone is 2. The molecule has 2 aromatic rings. The summed E-state index contributed by atoms with van der Waals surface area (Å²) in [5, 5.41) is 0. The summed E-state index contributed by atoms with van der Waals surface area (Å²) in [5.41, 5.74) is 2.07. The Hall–Kier alpha value is -3.14. The van der Waals surface area contributed by atoms with Crippen LogP contribution in [-0.4, -0.2) is 25.8 Å². The predicted octanol–water partition coefficient (Wildman–Crippen LogP) is 5.13. The average Bonchev–Trinajstić information content (AvgIpc) is 2.74. The fraction of sp³-hybridized carbons (Fsp3) is 0.250. The first-order valence-corrected chi connectivity index (χ1v) is 9.51. The Morgan fingerprint density at radius 3 is 1.46 bits per heavy atom. The third-order valence-electron chi connectivity index (χ3n) is 3.97. The third-order valence-corrected chi connectivity index (χ3v) is 3.97. The van der Waals surface area contributed by atoms with Crippen LogP contribution in [-0.2, 0) is 9.59 Å². The Labute approximate surface area is 166 Å². The van der Waals surface area contributed by atoms with Gasteiger partial charge in [0.1, 0.15) is 11.5 Å². The number of rotatable bonds is 11. The van der Waals surface area contributed by atoms with E-state index in [1.165, 1.54) is 0 Å². The van der Waals surface area contributed by atoms with Crippen LogP contribution in [0.25, 0.3) is 12.2 Å². The molecule has 0 bridgehead atoms. The van der Waals surface area contributed by atoms with E-state index in [4.69, 9.17) is 9.47 Å². The van der Waals surface area contributed by atoms with Crippen LogP contribution in [0.15, 0.2) is 59.7 Å². The van der Waals surface area contributed by atoms with E-state index >= 15 is 0 Å². The Morgan fingerprint density at radius 2 is 1.11 bits per heavy atom. The number of benzene rings is 2. The van der Waals surface area contributed by atoms with Crippen LogP contribution in [0, 0.1) is 0 Å². The quantitative estimate of drug-likeness (QED) is 0.309. The van der Waals surface area contributed by atoms with Gasteiger partial charge in [-0.2, -0.15) is 0 Å². The minimum atomic E-state index is 0.285. The van der Waals surface area contributed by atoms with Crippen molar-refractivity contribution < 1.29 is 19.1 Å². The van der Waals surface area contributed by atoms with Gasteiger partial charge in [-0.15, -0.1) is 0 Å². The third kappa shape index (κ3) is 5.95. The van der Waals surface area contributed by atoms with Crippen molar-refractivity contribution in [1.29, 1.82) is 0 Å². The molecule has 0 amide bonds. The molecule has 0 aliphatic carbocycles. The number of hydrogen-bond acceptors (Lipinski definition) is 4. The smallest absolute Gasteiger partial charge is 0.150 e. The van der Waals surface area contributed by atoms with Crippen molar-refractivity contribution >= 4 is 24.7 Å². The topological polar surface area (TPSA) is 52.6 Å². The SMILES string of the molecule is CCCOc1ccccc1/C=C(C=O)/C(C=O)=C/c1ccccc1OCCC. The van der Waals surface area contributed by atoms with Crippen LogP contribution in [0.4, 0.5) is 0 Å². The summed E-state index contributed by atoms with van der Waals surface area (Å²) in [4.78, 5) is 23.5.